The van der Waals surface area contributed by atoms with Crippen LogP contribution >= 0.6 is 59.8 Å². The quantitative estimate of drug-likeness (QED) is 0.0236. The topological polar surface area (TPSA) is 146 Å². The van der Waals surface area contributed by atoms with Gasteiger partial charge in [-0.05, 0) is 23.7 Å². The van der Waals surface area contributed by atoms with Crippen molar-refractivity contribution >= 4 is 71.9 Å². The van der Waals surface area contributed by atoms with Gasteiger partial charge in [-0.25, -0.2) is 0 Å². The Morgan fingerprint density at radius 1 is 0.207 bits per heavy atom. The van der Waals surface area contributed by atoms with Crippen LogP contribution in [-0.4, -0.2) is 45.6 Å². The van der Waals surface area contributed by atoms with E-state index in [1.807, 2.05) is 0 Å². The van der Waals surface area contributed by atoms with Crippen molar-refractivity contribution in [3.8, 4) is 0 Å². The van der Waals surface area contributed by atoms with E-state index in [4.69, 9.17) is 34.8 Å². The molecule has 0 unspecified atom stereocenters. The highest BCUT2D eigenvalue weighted by Crippen LogP contribution is 2.17. The fraction of sp³-hybridized carbons (Fsp3) is 0.964. The number of carboxylic acid groups (broad SMARTS) is 1. The van der Waals surface area contributed by atoms with Gasteiger partial charge in [-0.3, -0.25) is 4.79 Å². The molecule has 11 heteroatoms. The number of carboxylic acids is 1. The molecule has 0 radical (unpaired) electrons. The first kappa shape index (κ1) is 158. The van der Waals surface area contributed by atoms with E-state index in [1.54, 1.807) is 0 Å². The second-order valence-corrected chi connectivity index (χ2v) is 34.3. The van der Waals surface area contributed by atoms with Gasteiger partial charge >= 0.3 is 12.1 Å². The summed E-state index contributed by atoms with van der Waals surface area (Å²) >= 11 is 6.68. The van der Waals surface area contributed by atoms with Crippen molar-refractivity contribution < 1.29 is 29.7 Å². The third-order valence-electron chi connectivity index (χ3n) is 20.6. The average Bonchev–Trinajstić information content (AvgIpc) is 1.91. The monoisotopic (exact) mass is 2070 g/mol. The van der Waals surface area contributed by atoms with Crippen molar-refractivity contribution in [2.75, 3.05) is 18.1 Å². The summed E-state index contributed by atoms with van der Waals surface area (Å²) in [6.07, 6.45) is 117. The highest BCUT2D eigenvalue weighted by atomic mass is 128. The summed E-state index contributed by atoms with van der Waals surface area (Å²) in [6.45, 7) is 49.3. The lowest BCUT2D eigenvalue weighted by atomic mass is 10.0. The largest absolute Gasteiger partial charge is 0.481 e. The maximum Gasteiger partial charge on any atom is 0.373 e. The van der Waals surface area contributed by atoms with Crippen LogP contribution in [0.3, 0.4) is 0 Å². The Balaban J connectivity index is -0.0000000713. The molecule has 0 aromatic rings. The second kappa shape index (κ2) is 210. The van der Waals surface area contributed by atoms with E-state index in [2.05, 4.69) is 205 Å². The third-order valence-corrected chi connectivity index (χ3v) is 21.4. The summed E-state index contributed by atoms with van der Waals surface area (Å²) < 4.78 is 1.33. The van der Waals surface area contributed by atoms with Gasteiger partial charge in [0, 0.05) is 67.3 Å². The van der Waals surface area contributed by atoms with Crippen molar-refractivity contribution in [2.45, 2.75) is 671 Å². The van der Waals surface area contributed by atoms with Gasteiger partial charge in [0.15, 0.2) is 0 Å². The van der Waals surface area contributed by atoms with E-state index in [-0.39, 0.29) is 6.15 Å². The molecule has 0 fully saturated rings. The van der Waals surface area contributed by atoms with Gasteiger partial charge in [-0.15, -0.1) is 13.2 Å². The van der Waals surface area contributed by atoms with E-state index in [0.717, 1.165) is 26.4 Å². The smallest absolute Gasteiger partial charge is 0.373 e. The van der Waals surface area contributed by atoms with E-state index in [9.17, 15) is 4.79 Å². The fourth-order valence-electron chi connectivity index (χ4n) is 12.7. The molecule has 0 amide bonds. The van der Waals surface area contributed by atoms with Gasteiger partial charge in [-0.1, -0.05) is 668 Å². The number of aliphatic hydroxyl groups excluding tert-OH is 2. The first-order chi connectivity index (χ1) is 59.3. The van der Waals surface area contributed by atoms with Crippen LogP contribution in [-0.2, 0) is 14.4 Å². The molecule has 0 spiro atoms. The number of aliphatic carboxylic acids is 1. The number of hydrogen-bond donors (Lipinski definition) is 3. The molecule has 0 aromatic carbocycles. The molecule has 121 heavy (non-hydrogen) atoms. The second-order valence-electron chi connectivity index (χ2n) is 33.3. The number of rotatable bonds is 76. The van der Waals surface area contributed by atoms with Gasteiger partial charge in [-0.2, -0.15) is 9.59 Å². The number of halogens is 3. The lowest BCUT2D eigenvalue weighted by molar-refractivity contribution is -0.191. The van der Waals surface area contributed by atoms with Crippen molar-refractivity contribution in [2.24, 2.45) is 0 Å². The van der Waals surface area contributed by atoms with Crippen LogP contribution in [0, 0.1) is 9.93 Å². The molecule has 8 nitrogen and oxygen atoms in total. The van der Waals surface area contributed by atoms with Crippen LogP contribution in [0.5, 0.6) is 0 Å². The minimum atomic E-state index is -0.670. The van der Waals surface area contributed by atoms with E-state index < -0.39 is 5.97 Å². The Morgan fingerprint density at radius 2 is 0.289 bits per heavy atom. The predicted molar refractivity (Wildman–Crippen MR) is 588 cm³/mol. The third kappa shape index (κ3) is 282. The maximum atomic E-state index is 10.0. The Hall–Kier alpha value is 0.300. The predicted octanol–water partition coefficient (Wildman–Crippen LogP) is 44.2. The Kier molecular flexibility index (Phi) is 275. The number of unbranched alkanes of at least 4 members (excludes halogenated alkanes) is 72. The van der Waals surface area contributed by atoms with Crippen LogP contribution in [0.4, 0.5) is 0 Å². The van der Waals surface area contributed by atoms with Gasteiger partial charge in [0.05, 0.1) is 0 Å². The van der Waals surface area contributed by atoms with Crippen molar-refractivity contribution in [1.82, 2.24) is 0 Å². The number of hydrogen-bond acceptors (Lipinski definition) is 7. The molecule has 0 saturated carbocycles. The molecule has 0 aromatic heterocycles. The lowest BCUT2D eigenvalue weighted by Crippen LogP contribution is -1.93. The summed E-state index contributed by atoms with van der Waals surface area (Å²) in [7, 11) is 1.00. The minimum Gasteiger partial charge on any atom is -0.481 e. The first-order valence-electron chi connectivity index (χ1n) is 54.0. The zero-order valence-corrected chi connectivity index (χ0v) is 94.2. The molecule has 0 heterocycles. The number of carbonyl (C=O) groups excluding carboxylic acids is 2. The summed E-state index contributed by atoms with van der Waals surface area (Å²) in [4.78, 5) is 40.3. The number of aliphatic hydroxyl groups is 2. The van der Waals surface area contributed by atoms with Gasteiger partial charge in [0.25, 0.3) is 0 Å². The highest BCUT2D eigenvalue weighted by Gasteiger charge is 1.98. The molecule has 3 N–H and O–H groups in total. The molecule has 0 aliphatic heterocycles. The maximum absolute atomic E-state index is 10.0. The Morgan fingerprint density at radius 3 is 0.380 bits per heavy atom. The summed E-state index contributed by atoms with van der Waals surface area (Å²) in [6, 6.07) is 0. The highest BCUT2D eigenvalue weighted by molar-refractivity contribution is 15.0. The van der Waals surface area contributed by atoms with Crippen LogP contribution in [0.25, 0.3) is 0 Å². The SMILES string of the molecule is C=C.CCCCCCC.CCCCCCCC.CCCCCCCC(=O)O.CCCCCCCCCC.CCCCCCCCCC.CCCCCCCCCC.CCCCCCCCCC.CCCCCCCCCCC.CCCCCCCCCCCCCCCCCC.CCCCCCCI.CCCCCCCO.CO.II.O=C=O.O=O. The van der Waals surface area contributed by atoms with Crippen LogP contribution in [0.2, 0.25) is 0 Å². The van der Waals surface area contributed by atoms with E-state index in [1.165, 1.54) is 518 Å². The van der Waals surface area contributed by atoms with Crippen molar-refractivity contribution in [3.63, 3.8) is 0 Å². The molecular formula is C110H239I3O8. The average molecular weight is 2070 g/mol. The first-order valence-corrected chi connectivity index (χ1v) is 61.8. The van der Waals surface area contributed by atoms with E-state index >= 15 is 0 Å². The molecule has 0 aliphatic carbocycles. The number of carbonyl (C=O) groups is 1. The standard InChI is InChI=1S/C18H38.C11H24.4C10H22.C8H16O2.C8H18.C7H15I.C7H16O.C7H16.C2H4.CO2.CH4O.I2.O2/c1-3-5-7-9-11-13-15-17-18-16-14-12-10-8-6-4-2;1-3-5-7-9-11-10-8-6-4-2;4*1-3-5-7-9-10-8-6-4-2;1-2-3-4-5-6-7-8(9)10;1-3-5-7-8-6-4-2;2*1-2-3-4-5-6-7-8;1-3-5-7-6-4-2;1-2;2-1-3;3*1-2/h3-18H2,1-2H3;3-11H2,1-2H3;4*3-10H2,1-2H3;2-7H2,1H3,(H,9,10);3-8H2,1-2H3;2-7H2,1H3;8H,2-7H2,1H3;3-7H2,1-2H3;1-2H2;;2H,1H3;;. The Bertz CT molecular complexity index is 1200. The van der Waals surface area contributed by atoms with Crippen molar-refractivity contribution in [1.29, 1.82) is 0 Å². The zero-order chi connectivity index (χ0) is 95.1. The molecule has 0 aliphatic rings. The summed E-state index contributed by atoms with van der Waals surface area (Å²) in [5, 5.41) is 23.6. The van der Waals surface area contributed by atoms with Gasteiger partial charge < -0.3 is 15.3 Å². The molecule has 0 atom stereocenters. The van der Waals surface area contributed by atoms with Crippen LogP contribution in [0.1, 0.15) is 671 Å². The van der Waals surface area contributed by atoms with E-state index in [0.29, 0.717) is 13.0 Å². The van der Waals surface area contributed by atoms with Gasteiger partial charge in [0.2, 0.25) is 0 Å². The van der Waals surface area contributed by atoms with Crippen LogP contribution in [0.15, 0.2) is 13.2 Å². The summed E-state index contributed by atoms with van der Waals surface area (Å²) in [5.74, 6) is -0.670. The summed E-state index contributed by atoms with van der Waals surface area (Å²) in [5.41, 5.74) is 0. The van der Waals surface area contributed by atoms with Crippen molar-refractivity contribution in [3.05, 3.63) is 23.1 Å². The van der Waals surface area contributed by atoms with Crippen LogP contribution < -0.4 is 0 Å². The lowest BCUT2D eigenvalue weighted by Gasteiger charge is -2.03. The Labute approximate surface area is 807 Å². The number of alkyl halides is 1. The molecule has 0 saturated heterocycles. The van der Waals surface area contributed by atoms with Gasteiger partial charge in [0.1, 0.15) is 0 Å². The normalized spacial score (nSPS) is 9.46. The fourth-order valence-corrected chi connectivity index (χ4v) is 13.2. The molecular weight excluding hydrogens is 1830 g/mol. The molecule has 748 valence electrons. The minimum absolute atomic E-state index is 0.250. The molecule has 0 bridgehead atoms. The molecule has 0 rings (SSSR count). The zero-order valence-electron chi connectivity index (χ0n) is 87.7.